The third-order valence-electron chi connectivity index (χ3n) is 3.27. The highest BCUT2D eigenvalue weighted by atomic mass is 32.1. The van der Waals surface area contributed by atoms with Crippen molar-refractivity contribution in [1.29, 1.82) is 0 Å². The molecule has 0 bridgehead atoms. The van der Waals surface area contributed by atoms with Gasteiger partial charge in [0.05, 0.1) is 0 Å². The topological polar surface area (TPSA) is 12.0 Å². The number of nitrogens with one attached hydrogen (secondary N) is 1. The molecule has 1 aromatic heterocycles. The molecule has 1 N–H and O–H groups in total. The quantitative estimate of drug-likeness (QED) is 0.836. The maximum Gasteiger partial charge on any atom is 0.0386 e. The summed E-state index contributed by atoms with van der Waals surface area (Å²) in [7, 11) is 0. The fourth-order valence-corrected chi connectivity index (χ4v) is 3.52. The highest BCUT2D eigenvalue weighted by Gasteiger charge is 2.16. The van der Waals surface area contributed by atoms with Crippen molar-refractivity contribution >= 4 is 11.3 Å². The molecule has 1 heterocycles. The minimum atomic E-state index is 0.526. The fourth-order valence-electron chi connectivity index (χ4n) is 2.24. The molecule has 1 atom stereocenters. The van der Waals surface area contributed by atoms with Crippen molar-refractivity contribution in [3.05, 3.63) is 21.4 Å². The maximum atomic E-state index is 3.62. The lowest BCUT2D eigenvalue weighted by atomic mass is 9.99. The minimum absolute atomic E-state index is 0.526. The molecule has 0 aliphatic heterocycles. The molecule has 1 nitrogen and oxygen atoms in total. The number of thiophene rings is 1. The smallest absolute Gasteiger partial charge is 0.0386 e. The van der Waals surface area contributed by atoms with Gasteiger partial charge in [-0.15, -0.1) is 11.3 Å². The summed E-state index contributed by atoms with van der Waals surface area (Å²) in [5, 5.41) is 3.62. The Morgan fingerprint density at radius 1 is 1.25 bits per heavy atom. The largest absolute Gasteiger partial charge is 0.309 e. The fraction of sp³-hybridized carbons (Fsp3) is 0.714. The second-order valence-corrected chi connectivity index (χ2v) is 6.50. The molecular weight excluding hydrogens is 214 g/mol. The van der Waals surface area contributed by atoms with Crippen LogP contribution in [0.2, 0.25) is 0 Å². The predicted molar refractivity (Wildman–Crippen MR) is 72.2 cm³/mol. The van der Waals surface area contributed by atoms with Gasteiger partial charge in [-0.25, -0.2) is 0 Å². The van der Waals surface area contributed by atoms with Crippen LogP contribution >= 0.6 is 11.3 Å². The SMILES string of the molecule is CC(C)CNC(C)c1cc2c(s1)CCCC2. The number of rotatable bonds is 4. The molecule has 0 amide bonds. The van der Waals surface area contributed by atoms with Gasteiger partial charge in [0.25, 0.3) is 0 Å². The van der Waals surface area contributed by atoms with E-state index in [-0.39, 0.29) is 0 Å². The van der Waals surface area contributed by atoms with Crippen LogP contribution in [0.3, 0.4) is 0 Å². The Morgan fingerprint density at radius 3 is 2.69 bits per heavy atom. The van der Waals surface area contributed by atoms with E-state index < -0.39 is 0 Å². The molecule has 16 heavy (non-hydrogen) atoms. The van der Waals surface area contributed by atoms with E-state index in [0.29, 0.717) is 6.04 Å². The molecular formula is C14H23NS. The van der Waals surface area contributed by atoms with Crippen molar-refractivity contribution in [2.45, 2.75) is 52.5 Å². The average molecular weight is 237 g/mol. The van der Waals surface area contributed by atoms with Gasteiger partial charge in [0.2, 0.25) is 0 Å². The molecule has 1 unspecified atom stereocenters. The lowest BCUT2D eigenvalue weighted by Gasteiger charge is -2.13. The van der Waals surface area contributed by atoms with Crippen molar-refractivity contribution in [3.63, 3.8) is 0 Å². The average Bonchev–Trinajstić information content (AvgIpc) is 2.69. The van der Waals surface area contributed by atoms with E-state index in [0.717, 1.165) is 12.5 Å². The molecule has 2 rings (SSSR count). The van der Waals surface area contributed by atoms with Crippen molar-refractivity contribution in [2.24, 2.45) is 5.92 Å². The molecule has 0 aromatic carbocycles. The second-order valence-electron chi connectivity index (χ2n) is 5.33. The van der Waals surface area contributed by atoms with Crippen LogP contribution in [0, 0.1) is 5.92 Å². The first-order chi connectivity index (χ1) is 7.66. The molecule has 2 heteroatoms. The summed E-state index contributed by atoms with van der Waals surface area (Å²) in [4.78, 5) is 3.19. The van der Waals surface area contributed by atoms with E-state index >= 15 is 0 Å². The van der Waals surface area contributed by atoms with Crippen LogP contribution in [0.15, 0.2) is 6.07 Å². The van der Waals surface area contributed by atoms with E-state index in [1.54, 1.807) is 10.4 Å². The number of aryl methyl sites for hydroxylation is 2. The molecule has 0 fully saturated rings. The van der Waals surface area contributed by atoms with Gasteiger partial charge in [0.1, 0.15) is 0 Å². The van der Waals surface area contributed by atoms with Crippen molar-refractivity contribution in [3.8, 4) is 0 Å². The van der Waals surface area contributed by atoms with Crippen LogP contribution in [0.4, 0.5) is 0 Å². The number of hydrogen-bond donors (Lipinski definition) is 1. The summed E-state index contributed by atoms with van der Waals surface area (Å²) in [5.74, 6) is 0.733. The van der Waals surface area contributed by atoms with Crippen molar-refractivity contribution < 1.29 is 0 Å². The summed E-state index contributed by atoms with van der Waals surface area (Å²) in [6, 6.07) is 2.97. The summed E-state index contributed by atoms with van der Waals surface area (Å²) in [6.45, 7) is 7.93. The van der Waals surface area contributed by atoms with Gasteiger partial charge in [-0.3, -0.25) is 0 Å². The molecule has 1 aliphatic carbocycles. The molecule has 0 radical (unpaired) electrons. The van der Waals surface area contributed by atoms with Crippen LogP contribution in [0.1, 0.15) is 55.0 Å². The van der Waals surface area contributed by atoms with Crippen LogP contribution in [-0.2, 0) is 12.8 Å². The number of hydrogen-bond acceptors (Lipinski definition) is 2. The lowest BCUT2D eigenvalue weighted by Crippen LogP contribution is -2.22. The Balaban J connectivity index is 2.00. The predicted octanol–water partition coefficient (Wildman–Crippen LogP) is 3.93. The van der Waals surface area contributed by atoms with Crippen molar-refractivity contribution in [2.75, 3.05) is 6.54 Å². The maximum absolute atomic E-state index is 3.62. The molecule has 0 saturated carbocycles. The van der Waals surface area contributed by atoms with Crippen LogP contribution in [0.25, 0.3) is 0 Å². The normalized spacial score (nSPS) is 17.5. The molecule has 0 saturated heterocycles. The summed E-state index contributed by atoms with van der Waals surface area (Å²) in [5.41, 5.74) is 1.63. The Bertz CT molecular complexity index is 317. The van der Waals surface area contributed by atoms with Crippen molar-refractivity contribution in [1.82, 2.24) is 5.32 Å². The van der Waals surface area contributed by atoms with Gasteiger partial charge in [0.15, 0.2) is 0 Å². The zero-order chi connectivity index (χ0) is 11.5. The standard InChI is InChI=1S/C14H23NS/c1-10(2)9-15-11(3)14-8-12-6-4-5-7-13(12)16-14/h8,10-11,15H,4-7,9H2,1-3H3. The second kappa shape index (κ2) is 5.33. The monoisotopic (exact) mass is 237 g/mol. The van der Waals surface area contributed by atoms with Gasteiger partial charge in [-0.2, -0.15) is 0 Å². The first kappa shape index (κ1) is 12.1. The van der Waals surface area contributed by atoms with E-state index in [9.17, 15) is 0 Å². The first-order valence-corrected chi connectivity index (χ1v) is 7.33. The molecule has 0 spiro atoms. The highest BCUT2D eigenvalue weighted by Crippen LogP contribution is 2.32. The van der Waals surface area contributed by atoms with E-state index in [1.165, 1.54) is 30.6 Å². The zero-order valence-corrected chi connectivity index (χ0v) is 11.5. The molecule has 1 aliphatic rings. The Labute approximate surface area is 103 Å². The highest BCUT2D eigenvalue weighted by molar-refractivity contribution is 7.12. The summed E-state index contributed by atoms with van der Waals surface area (Å²) < 4.78 is 0. The lowest BCUT2D eigenvalue weighted by molar-refractivity contribution is 0.500. The third-order valence-corrected chi connectivity index (χ3v) is 4.69. The van der Waals surface area contributed by atoms with Crippen LogP contribution in [0.5, 0.6) is 0 Å². The van der Waals surface area contributed by atoms with Gasteiger partial charge in [-0.05, 0) is 56.7 Å². The molecule has 90 valence electrons. The number of fused-ring (bicyclic) bond motifs is 1. The first-order valence-electron chi connectivity index (χ1n) is 6.51. The summed E-state index contributed by atoms with van der Waals surface area (Å²) in [6.07, 6.45) is 5.40. The van der Waals surface area contributed by atoms with E-state index in [4.69, 9.17) is 0 Å². The summed E-state index contributed by atoms with van der Waals surface area (Å²) >= 11 is 2.03. The van der Waals surface area contributed by atoms with Gasteiger partial charge in [0, 0.05) is 15.8 Å². The van der Waals surface area contributed by atoms with E-state index in [1.807, 2.05) is 11.3 Å². The minimum Gasteiger partial charge on any atom is -0.309 e. The Hall–Kier alpha value is -0.340. The van der Waals surface area contributed by atoms with Gasteiger partial charge in [-0.1, -0.05) is 13.8 Å². The van der Waals surface area contributed by atoms with Gasteiger partial charge < -0.3 is 5.32 Å². The molecule has 1 aromatic rings. The Kier molecular flexibility index (Phi) is 4.04. The Morgan fingerprint density at radius 2 is 2.00 bits per heavy atom. The van der Waals surface area contributed by atoms with E-state index in [2.05, 4.69) is 32.2 Å². The van der Waals surface area contributed by atoms with Gasteiger partial charge >= 0.3 is 0 Å². The van der Waals surface area contributed by atoms with Crippen LogP contribution in [-0.4, -0.2) is 6.54 Å². The third kappa shape index (κ3) is 2.86. The van der Waals surface area contributed by atoms with Crippen LogP contribution < -0.4 is 5.32 Å². The zero-order valence-electron chi connectivity index (χ0n) is 10.7.